The van der Waals surface area contributed by atoms with Crippen LogP contribution in [0.15, 0.2) is 42.5 Å². The summed E-state index contributed by atoms with van der Waals surface area (Å²) in [5.74, 6) is 0.823. The highest BCUT2D eigenvalue weighted by molar-refractivity contribution is 6.08. The third-order valence-corrected chi connectivity index (χ3v) is 5.08. The second-order valence-corrected chi connectivity index (χ2v) is 6.76. The number of carbonyl (C=O) groups excluding carboxylic acids is 2. The Balaban J connectivity index is 1.66. The molecule has 1 N–H and O–H groups in total. The summed E-state index contributed by atoms with van der Waals surface area (Å²) in [5.41, 5.74) is 2.12. The molecule has 0 radical (unpaired) electrons. The van der Waals surface area contributed by atoms with Crippen molar-refractivity contribution in [1.82, 2.24) is 4.90 Å². The number of rotatable bonds is 6. The molecule has 1 aliphatic heterocycles. The summed E-state index contributed by atoms with van der Waals surface area (Å²) in [6.45, 7) is 4.96. The number of ether oxygens (including phenoxy) is 2. The smallest absolute Gasteiger partial charge is 0.263 e. The van der Waals surface area contributed by atoms with Crippen molar-refractivity contribution in [2.75, 3.05) is 50.6 Å². The molecular weight excluding hydrogens is 370 g/mol. The summed E-state index contributed by atoms with van der Waals surface area (Å²) in [6.07, 6.45) is 0.547. The van der Waals surface area contributed by atoms with E-state index < -0.39 is 0 Å². The molecule has 2 aromatic rings. The minimum atomic E-state index is -0.293. The van der Waals surface area contributed by atoms with Crippen LogP contribution in [0.2, 0.25) is 0 Å². The third kappa shape index (κ3) is 4.62. The maximum Gasteiger partial charge on any atom is 0.263 e. The van der Waals surface area contributed by atoms with E-state index in [9.17, 15) is 9.59 Å². The van der Waals surface area contributed by atoms with E-state index in [1.807, 2.05) is 36.1 Å². The Morgan fingerprint density at radius 1 is 0.931 bits per heavy atom. The first-order valence-corrected chi connectivity index (χ1v) is 9.72. The molecule has 1 heterocycles. The first-order valence-electron chi connectivity index (χ1n) is 9.72. The van der Waals surface area contributed by atoms with Gasteiger partial charge in [0.1, 0.15) is 17.1 Å². The zero-order chi connectivity index (χ0) is 20.8. The maximum atomic E-state index is 12.8. The predicted molar refractivity (Wildman–Crippen MR) is 113 cm³/mol. The first kappa shape index (κ1) is 20.5. The van der Waals surface area contributed by atoms with E-state index in [-0.39, 0.29) is 11.8 Å². The largest absolute Gasteiger partial charge is 0.496 e. The van der Waals surface area contributed by atoms with Crippen LogP contribution >= 0.6 is 0 Å². The van der Waals surface area contributed by atoms with Crippen LogP contribution < -0.4 is 19.7 Å². The Hall–Kier alpha value is -3.22. The molecule has 0 spiro atoms. The fourth-order valence-electron chi connectivity index (χ4n) is 3.46. The number of methoxy groups -OCH3 is 2. The van der Waals surface area contributed by atoms with E-state index in [1.165, 1.54) is 14.2 Å². The van der Waals surface area contributed by atoms with E-state index in [0.29, 0.717) is 29.2 Å². The van der Waals surface area contributed by atoms with E-state index in [0.717, 1.165) is 31.9 Å². The summed E-state index contributed by atoms with van der Waals surface area (Å²) in [5, 5.41) is 2.90. The van der Waals surface area contributed by atoms with Gasteiger partial charge in [0.2, 0.25) is 5.91 Å². The van der Waals surface area contributed by atoms with Crippen LogP contribution in [0.25, 0.3) is 0 Å². The van der Waals surface area contributed by atoms with Gasteiger partial charge < -0.3 is 24.6 Å². The van der Waals surface area contributed by atoms with Crippen molar-refractivity contribution in [3.8, 4) is 11.5 Å². The number of hydrogen-bond donors (Lipinski definition) is 1. The molecule has 29 heavy (non-hydrogen) atoms. The van der Waals surface area contributed by atoms with E-state index in [4.69, 9.17) is 9.47 Å². The van der Waals surface area contributed by atoms with Crippen LogP contribution in [0, 0.1) is 0 Å². The van der Waals surface area contributed by atoms with E-state index in [1.54, 1.807) is 18.2 Å². The third-order valence-electron chi connectivity index (χ3n) is 5.08. The molecule has 3 rings (SSSR count). The Kier molecular flexibility index (Phi) is 6.59. The van der Waals surface area contributed by atoms with Crippen LogP contribution in [0.1, 0.15) is 23.7 Å². The van der Waals surface area contributed by atoms with Crippen molar-refractivity contribution in [3.05, 3.63) is 48.0 Å². The van der Waals surface area contributed by atoms with Gasteiger partial charge >= 0.3 is 0 Å². The molecule has 1 fully saturated rings. The maximum absolute atomic E-state index is 12.8. The van der Waals surface area contributed by atoms with Gasteiger partial charge in [0.05, 0.1) is 14.2 Å². The monoisotopic (exact) mass is 397 g/mol. The quantitative estimate of drug-likeness (QED) is 0.811. The molecule has 2 aromatic carbocycles. The predicted octanol–water partition coefficient (Wildman–Crippen LogP) is 3.01. The molecule has 154 valence electrons. The number of nitrogens with one attached hydrogen (secondary N) is 1. The van der Waals surface area contributed by atoms with Gasteiger partial charge in [0.25, 0.3) is 5.91 Å². The number of carbonyl (C=O) groups is 2. The summed E-state index contributed by atoms with van der Waals surface area (Å²) in [4.78, 5) is 28.7. The minimum absolute atomic E-state index is 0.203. The zero-order valence-corrected chi connectivity index (χ0v) is 17.1. The molecule has 2 amide bonds. The van der Waals surface area contributed by atoms with E-state index >= 15 is 0 Å². The Bertz CT molecular complexity index is 837. The zero-order valence-electron chi connectivity index (χ0n) is 17.1. The molecule has 7 nitrogen and oxygen atoms in total. The molecule has 7 heteroatoms. The van der Waals surface area contributed by atoms with Gasteiger partial charge in [-0.05, 0) is 36.4 Å². The van der Waals surface area contributed by atoms with Crippen LogP contribution in [-0.2, 0) is 4.79 Å². The summed E-state index contributed by atoms with van der Waals surface area (Å²) < 4.78 is 10.6. The number of nitrogens with zero attached hydrogens (tertiary/aromatic N) is 2. The highest BCUT2D eigenvalue weighted by atomic mass is 16.5. The molecule has 0 atom stereocenters. The lowest BCUT2D eigenvalue weighted by molar-refractivity contribution is -0.131. The van der Waals surface area contributed by atoms with Crippen molar-refractivity contribution in [2.45, 2.75) is 13.3 Å². The van der Waals surface area contributed by atoms with Crippen molar-refractivity contribution in [2.24, 2.45) is 0 Å². The highest BCUT2D eigenvalue weighted by Crippen LogP contribution is 2.29. The Morgan fingerprint density at radius 3 is 2.03 bits per heavy atom. The lowest BCUT2D eigenvalue weighted by atomic mass is 10.1. The van der Waals surface area contributed by atoms with Crippen LogP contribution in [-0.4, -0.2) is 57.1 Å². The van der Waals surface area contributed by atoms with E-state index in [2.05, 4.69) is 10.2 Å². The van der Waals surface area contributed by atoms with Crippen molar-refractivity contribution in [3.63, 3.8) is 0 Å². The van der Waals surface area contributed by atoms with Gasteiger partial charge in [-0.2, -0.15) is 0 Å². The molecular formula is C22H27N3O4. The lowest BCUT2D eigenvalue weighted by Crippen LogP contribution is -2.48. The number of anilines is 2. The molecule has 0 unspecified atom stereocenters. The lowest BCUT2D eigenvalue weighted by Gasteiger charge is -2.36. The standard InChI is InChI=1S/C22H27N3O4/c1-4-20(26)25-14-12-24(13-15-25)17-10-8-16(9-11-17)23-22(27)21-18(28-2)6-5-7-19(21)29-3/h5-11H,4,12-15H2,1-3H3,(H,23,27). The minimum Gasteiger partial charge on any atom is -0.496 e. The molecule has 0 aliphatic carbocycles. The van der Waals surface area contributed by atoms with Gasteiger partial charge in [0, 0.05) is 44.0 Å². The van der Waals surface area contributed by atoms with Crippen molar-refractivity contribution in [1.29, 1.82) is 0 Å². The second-order valence-electron chi connectivity index (χ2n) is 6.76. The summed E-state index contributed by atoms with van der Waals surface area (Å²) in [7, 11) is 3.04. The summed E-state index contributed by atoms with van der Waals surface area (Å²) in [6, 6.07) is 12.9. The number of hydrogen-bond acceptors (Lipinski definition) is 5. The Morgan fingerprint density at radius 2 is 1.52 bits per heavy atom. The molecule has 1 aliphatic rings. The molecule has 1 saturated heterocycles. The first-order chi connectivity index (χ1) is 14.1. The normalized spacial score (nSPS) is 13.8. The summed E-state index contributed by atoms with van der Waals surface area (Å²) >= 11 is 0. The van der Waals surface area contributed by atoms with Crippen LogP contribution in [0.4, 0.5) is 11.4 Å². The van der Waals surface area contributed by atoms with Crippen molar-refractivity contribution >= 4 is 23.2 Å². The average Bonchev–Trinajstić information content (AvgIpc) is 2.78. The van der Waals surface area contributed by atoms with Gasteiger partial charge in [-0.15, -0.1) is 0 Å². The molecule has 0 saturated carbocycles. The van der Waals surface area contributed by atoms with Gasteiger partial charge in [-0.25, -0.2) is 0 Å². The number of piperazine rings is 1. The number of amides is 2. The SMILES string of the molecule is CCC(=O)N1CCN(c2ccc(NC(=O)c3c(OC)cccc3OC)cc2)CC1. The van der Waals surface area contributed by atoms with Crippen LogP contribution in [0.5, 0.6) is 11.5 Å². The fraction of sp³-hybridized carbons (Fsp3) is 0.364. The number of benzene rings is 2. The second kappa shape index (κ2) is 9.32. The average molecular weight is 397 g/mol. The Labute approximate surface area is 171 Å². The molecule has 0 aromatic heterocycles. The highest BCUT2D eigenvalue weighted by Gasteiger charge is 2.21. The van der Waals surface area contributed by atoms with Gasteiger partial charge in [-0.1, -0.05) is 13.0 Å². The van der Waals surface area contributed by atoms with Crippen LogP contribution in [0.3, 0.4) is 0 Å². The topological polar surface area (TPSA) is 71.1 Å². The van der Waals surface area contributed by atoms with Gasteiger partial charge in [0.15, 0.2) is 0 Å². The van der Waals surface area contributed by atoms with Gasteiger partial charge in [-0.3, -0.25) is 9.59 Å². The molecule has 0 bridgehead atoms. The van der Waals surface area contributed by atoms with Crippen molar-refractivity contribution < 1.29 is 19.1 Å². The fourth-order valence-corrected chi connectivity index (χ4v) is 3.46.